The molecule has 0 atom stereocenters. The quantitative estimate of drug-likeness (QED) is 0.797. The normalized spacial score (nSPS) is 19.9. The minimum Gasteiger partial charge on any atom is -0.338 e. The lowest BCUT2D eigenvalue weighted by atomic mass is 10.1. The van der Waals surface area contributed by atoms with Crippen LogP contribution in [0.3, 0.4) is 0 Å². The van der Waals surface area contributed by atoms with E-state index < -0.39 is 0 Å². The molecule has 0 spiro atoms. The van der Waals surface area contributed by atoms with Gasteiger partial charge in [-0.3, -0.25) is 4.79 Å². The first-order valence-corrected chi connectivity index (χ1v) is 6.97. The summed E-state index contributed by atoms with van der Waals surface area (Å²) in [4.78, 5) is 13.7. The summed E-state index contributed by atoms with van der Waals surface area (Å²) in [6.07, 6.45) is 7.34. The Balaban J connectivity index is 1.50. The van der Waals surface area contributed by atoms with E-state index in [9.17, 15) is 4.79 Å². The van der Waals surface area contributed by atoms with Crippen LogP contribution in [0.1, 0.15) is 56.7 Å². The summed E-state index contributed by atoms with van der Waals surface area (Å²) in [6, 6.07) is 0.343. The Morgan fingerprint density at radius 1 is 1.44 bits per heavy atom. The van der Waals surface area contributed by atoms with E-state index in [1.54, 1.807) is 0 Å². The summed E-state index contributed by atoms with van der Waals surface area (Å²) in [5.74, 6) is 0.941. The fraction of sp³-hybridized carbons (Fsp3) is 0.769. The van der Waals surface area contributed by atoms with Gasteiger partial charge in [0.25, 0.3) is 0 Å². The Morgan fingerprint density at radius 3 is 2.89 bits per heavy atom. The smallest absolute Gasteiger partial charge is 0.222 e. The third-order valence-electron chi connectivity index (χ3n) is 3.86. The van der Waals surface area contributed by atoms with Gasteiger partial charge in [-0.2, -0.15) is 0 Å². The van der Waals surface area contributed by atoms with E-state index in [0.29, 0.717) is 18.4 Å². The summed E-state index contributed by atoms with van der Waals surface area (Å²) in [5, 5.41) is 8.39. The van der Waals surface area contributed by atoms with Crippen molar-refractivity contribution in [2.24, 2.45) is 0 Å². The Hall–Kier alpha value is -1.39. The van der Waals surface area contributed by atoms with Crippen LogP contribution in [0.15, 0.2) is 6.20 Å². The molecule has 0 bridgehead atoms. The highest BCUT2D eigenvalue weighted by Crippen LogP contribution is 2.39. The molecule has 98 valence electrons. The summed E-state index contributed by atoms with van der Waals surface area (Å²) in [5.41, 5.74) is 1.13. The molecule has 1 aliphatic heterocycles. The van der Waals surface area contributed by atoms with Crippen LogP contribution in [0.2, 0.25) is 0 Å². The van der Waals surface area contributed by atoms with Crippen molar-refractivity contribution in [1.82, 2.24) is 19.9 Å². The topological polar surface area (TPSA) is 51.0 Å². The van der Waals surface area contributed by atoms with Crippen molar-refractivity contribution in [3.63, 3.8) is 0 Å². The molecular formula is C13H20N4O. The number of likely N-dealkylation sites (tertiary alicyclic amines) is 1. The largest absolute Gasteiger partial charge is 0.338 e. The molecule has 0 N–H and O–H groups in total. The zero-order valence-electron chi connectivity index (χ0n) is 10.9. The molecule has 1 aliphatic carbocycles. The van der Waals surface area contributed by atoms with Crippen molar-refractivity contribution >= 4 is 5.91 Å². The monoisotopic (exact) mass is 248 g/mol. The van der Waals surface area contributed by atoms with Gasteiger partial charge in [-0.25, -0.2) is 4.68 Å². The van der Waals surface area contributed by atoms with Gasteiger partial charge in [0.2, 0.25) is 5.91 Å². The number of hydrogen-bond acceptors (Lipinski definition) is 3. The Labute approximate surface area is 107 Å². The van der Waals surface area contributed by atoms with Crippen LogP contribution < -0.4 is 0 Å². The highest BCUT2D eigenvalue weighted by molar-refractivity contribution is 5.77. The Bertz CT molecular complexity index is 432. The lowest BCUT2D eigenvalue weighted by Crippen LogP contribution is -2.50. The first-order chi connectivity index (χ1) is 8.78. The fourth-order valence-corrected chi connectivity index (χ4v) is 2.35. The van der Waals surface area contributed by atoms with Crippen LogP contribution in [0, 0.1) is 0 Å². The third-order valence-corrected chi connectivity index (χ3v) is 3.86. The van der Waals surface area contributed by atoms with E-state index in [2.05, 4.69) is 23.4 Å². The summed E-state index contributed by atoms with van der Waals surface area (Å²) >= 11 is 0. The van der Waals surface area contributed by atoms with E-state index >= 15 is 0 Å². The SMILES string of the molecule is CCCCC(=O)N1CC(n2cc(C3CC3)nn2)C1. The molecule has 1 amide bonds. The van der Waals surface area contributed by atoms with Crippen molar-refractivity contribution in [3.8, 4) is 0 Å². The van der Waals surface area contributed by atoms with Crippen molar-refractivity contribution in [3.05, 3.63) is 11.9 Å². The second kappa shape index (κ2) is 4.71. The maximum Gasteiger partial charge on any atom is 0.222 e. The molecule has 0 unspecified atom stereocenters. The average Bonchev–Trinajstić information content (AvgIpc) is 3.05. The van der Waals surface area contributed by atoms with Gasteiger partial charge in [0, 0.05) is 31.6 Å². The second-order valence-corrected chi connectivity index (χ2v) is 5.45. The minimum atomic E-state index is 0.288. The van der Waals surface area contributed by atoms with Crippen LogP contribution in [-0.2, 0) is 4.79 Å². The maximum atomic E-state index is 11.8. The zero-order chi connectivity index (χ0) is 12.5. The molecular weight excluding hydrogens is 228 g/mol. The number of rotatable bonds is 5. The Morgan fingerprint density at radius 2 is 2.22 bits per heavy atom. The number of carbonyl (C=O) groups excluding carboxylic acids is 1. The predicted octanol–water partition coefficient (Wildman–Crippen LogP) is 1.73. The number of carbonyl (C=O) groups is 1. The van der Waals surface area contributed by atoms with Gasteiger partial charge < -0.3 is 4.90 Å². The van der Waals surface area contributed by atoms with Gasteiger partial charge in [0.05, 0.1) is 11.7 Å². The van der Waals surface area contributed by atoms with Crippen LogP contribution in [0.4, 0.5) is 0 Å². The molecule has 1 saturated heterocycles. The molecule has 3 rings (SSSR count). The highest BCUT2D eigenvalue weighted by atomic mass is 16.2. The number of unbranched alkanes of at least 4 members (excludes halogenated alkanes) is 1. The molecule has 0 aromatic carbocycles. The number of nitrogens with zero attached hydrogens (tertiary/aromatic N) is 4. The third kappa shape index (κ3) is 2.26. The van der Waals surface area contributed by atoms with Gasteiger partial charge in [0.1, 0.15) is 0 Å². The van der Waals surface area contributed by atoms with E-state index in [1.165, 1.54) is 12.8 Å². The Kier molecular flexibility index (Phi) is 3.06. The van der Waals surface area contributed by atoms with Crippen LogP contribution in [-0.4, -0.2) is 38.9 Å². The molecule has 2 fully saturated rings. The van der Waals surface area contributed by atoms with Gasteiger partial charge in [-0.1, -0.05) is 18.6 Å². The van der Waals surface area contributed by atoms with Gasteiger partial charge in [-0.05, 0) is 19.3 Å². The first kappa shape index (κ1) is 11.7. The molecule has 2 heterocycles. The van der Waals surface area contributed by atoms with E-state index in [-0.39, 0.29) is 5.91 Å². The first-order valence-electron chi connectivity index (χ1n) is 6.97. The molecule has 1 aromatic heterocycles. The molecule has 5 nitrogen and oxygen atoms in total. The summed E-state index contributed by atoms with van der Waals surface area (Å²) in [7, 11) is 0. The number of aromatic nitrogens is 3. The van der Waals surface area contributed by atoms with E-state index in [0.717, 1.165) is 31.6 Å². The fourth-order valence-electron chi connectivity index (χ4n) is 2.35. The van der Waals surface area contributed by atoms with Crippen LogP contribution >= 0.6 is 0 Å². The van der Waals surface area contributed by atoms with E-state index in [1.807, 2.05) is 9.58 Å². The number of hydrogen-bond donors (Lipinski definition) is 0. The van der Waals surface area contributed by atoms with Crippen LogP contribution in [0.5, 0.6) is 0 Å². The minimum absolute atomic E-state index is 0.288. The van der Waals surface area contributed by atoms with Crippen molar-refractivity contribution < 1.29 is 4.79 Å². The van der Waals surface area contributed by atoms with Crippen LogP contribution in [0.25, 0.3) is 0 Å². The molecule has 18 heavy (non-hydrogen) atoms. The molecule has 1 aromatic rings. The van der Waals surface area contributed by atoms with Crippen molar-refractivity contribution in [1.29, 1.82) is 0 Å². The zero-order valence-corrected chi connectivity index (χ0v) is 10.9. The molecule has 2 aliphatic rings. The molecule has 0 radical (unpaired) electrons. The lowest BCUT2D eigenvalue weighted by molar-refractivity contribution is -0.137. The highest BCUT2D eigenvalue weighted by Gasteiger charge is 2.33. The summed E-state index contributed by atoms with van der Waals surface area (Å²) < 4.78 is 1.94. The van der Waals surface area contributed by atoms with Gasteiger partial charge >= 0.3 is 0 Å². The lowest BCUT2D eigenvalue weighted by Gasteiger charge is -2.39. The maximum absolute atomic E-state index is 11.8. The molecule has 1 saturated carbocycles. The van der Waals surface area contributed by atoms with E-state index in [4.69, 9.17) is 0 Å². The van der Waals surface area contributed by atoms with Crippen molar-refractivity contribution in [2.75, 3.05) is 13.1 Å². The predicted molar refractivity (Wildman–Crippen MR) is 67.1 cm³/mol. The van der Waals surface area contributed by atoms with Gasteiger partial charge in [-0.15, -0.1) is 5.10 Å². The molecule has 5 heteroatoms. The summed E-state index contributed by atoms with van der Waals surface area (Å²) in [6.45, 7) is 3.72. The van der Waals surface area contributed by atoms with Crippen molar-refractivity contribution in [2.45, 2.75) is 51.0 Å². The van der Waals surface area contributed by atoms with Gasteiger partial charge in [0.15, 0.2) is 0 Å². The second-order valence-electron chi connectivity index (χ2n) is 5.45. The number of amides is 1. The standard InChI is InChI=1S/C13H20N4O/c1-2-3-4-13(18)16-7-11(8-16)17-9-12(14-15-17)10-5-6-10/h9-11H,2-8H2,1H3. The average molecular weight is 248 g/mol.